The van der Waals surface area contributed by atoms with Crippen molar-refractivity contribution in [3.8, 4) is 11.5 Å². The molecule has 0 fully saturated rings. The molecule has 1 N–H and O–H groups in total. The molecule has 0 spiro atoms. The molecule has 2 aliphatic heterocycles. The van der Waals surface area contributed by atoms with E-state index in [1.807, 2.05) is 30.3 Å². The molecular formula is C21H17NO5S2. The first-order chi connectivity index (χ1) is 14.0. The van der Waals surface area contributed by atoms with Crippen molar-refractivity contribution in [2.24, 2.45) is 4.99 Å². The summed E-state index contributed by atoms with van der Waals surface area (Å²) in [5.74, 6) is 0.00911. The van der Waals surface area contributed by atoms with E-state index in [-0.39, 0.29) is 28.6 Å². The van der Waals surface area contributed by atoms with Crippen LogP contribution in [0.2, 0.25) is 0 Å². The van der Waals surface area contributed by atoms with Crippen LogP contribution in [0.4, 0.5) is 0 Å². The maximum Gasteiger partial charge on any atom is 0.243 e. The maximum absolute atomic E-state index is 12.5. The van der Waals surface area contributed by atoms with Crippen LogP contribution in [-0.4, -0.2) is 34.3 Å². The van der Waals surface area contributed by atoms with Gasteiger partial charge in [0.25, 0.3) is 0 Å². The van der Waals surface area contributed by atoms with E-state index in [9.17, 15) is 14.7 Å². The molecule has 1 unspecified atom stereocenters. The van der Waals surface area contributed by atoms with Gasteiger partial charge >= 0.3 is 0 Å². The average molecular weight is 428 g/mol. The van der Waals surface area contributed by atoms with Crippen LogP contribution in [0.5, 0.6) is 11.5 Å². The van der Waals surface area contributed by atoms with Crippen LogP contribution >= 0.6 is 23.8 Å². The van der Waals surface area contributed by atoms with E-state index in [1.54, 1.807) is 12.1 Å². The number of aliphatic imine (C=N–C) groups is 1. The van der Waals surface area contributed by atoms with Crippen molar-refractivity contribution in [1.29, 1.82) is 0 Å². The zero-order valence-electron chi connectivity index (χ0n) is 15.5. The van der Waals surface area contributed by atoms with Gasteiger partial charge in [0, 0.05) is 35.3 Å². The standard InChI is InChI=1S/C21H17NO5S2/c1-26-29-14-10-17(24)19-16(23)9-13(27-18(19)11-14)7-8-15-21(25)28-20(22-15)12-5-3-2-4-6-12/h2-6,8,10-11,13,24H,7,9H2,1H3. The van der Waals surface area contributed by atoms with E-state index in [0.717, 1.165) is 29.4 Å². The van der Waals surface area contributed by atoms with Crippen molar-refractivity contribution in [3.05, 3.63) is 65.4 Å². The Bertz CT molecular complexity index is 1030. The minimum Gasteiger partial charge on any atom is -0.507 e. The number of Topliss-reactive ketones (excluding diaryl/α,β-unsaturated/α-hetero) is 1. The van der Waals surface area contributed by atoms with Crippen molar-refractivity contribution in [3.63, 3.8) is 0 Å². The van der Waals surface area contributed by atoms with Gasteiger partial charge in [-0.15, -0.1) is 0 Å². The van der Waals surface area contributed by atoms with Crippen LogP contribution in [0.1, 0.15) is 28.8 Å². The van der Waals surface area contributed by atoms with Crippen molar-refractivity contribution >= 4 is 39.7 Å². The largest absolute Gasteiger partial charge is 0.507 e. The topological polar surface area (TPSA) is 85.2 Å². The number of nitrogens with zero attached hydrogens (tertiary/aromatic N) is 1. The fourth-order valence-corrected chi connectivity index (χ4v) is 4.46. The molecule has 0 radical (unpaired) electrons. The molecule has 0 bridgehead atoms. The first-order valence-electron chi connectivity index (χ1n) is 8.89. The van der Waals surface area contributed by atoms with Gasteiger partial charge in [-0.2, -0.15) is 0 Å². The van der Waals surface area contributed by atoms with Gasteiger partial charge in [-0.1, -0.05) is 36.4 Å². The van der Waals surface area contributed by atoms with Gasteiger partial charge < -0.3 is 14.0 Å². The lowest BCUT2D eigenvalue weighted by Gasteiger charge is -2.25. The van der Waals surface area contributed by atoms with Crippen molar-refractivity contribution < 1.29 is 23.6 Å². The number of aromatic hydroxyl groups is 1. The molecule has 0 aliphatic carbocycles. The number of ether oxygens (including phenoxy) is 1. The summed E-state index contributed by atoms with van der Waals surface area (Å²) in [5.41, 5.74) is 1.44. The van der Waals surface area contributed by atoms with E-state index in [2.05, 4.69) is 4.99 Å². The highest BCUT2D eigenvalue weighted by Gasteiger charge is 2.30. The number of thioether (sulfide) groups is 1. The lowest BCUT2D eigenvalue weighted by Crippen LogP contribution is -2.26. The summed E-state index contributed by atoms with van der Waals surface area (Å²) in [6.45, 7) is 0. The summed E-state index contributed by atoms with van der Waals surface area (Å²) >= 11 is 2.17. The van der Waals surface area contributed by atoms with Crippen LogP contribution in [0.3, 0.4) is 0 Å². The van der Waals surface area contributed by atoms with Gasteiger partial charge in [-0.05, 0) is 23.9 Å². The van der Waals surface area contributed by atoms with Crippen LogP contribution < -0.4 is 4.74 Å². The van der Waals surface area contributed by atoms with E-state index in [0.29, 0.717) is 27.8 Å². The second kappa shape index (κ2) is 8.44. The molecule has 0 saturated heterocycles. The van der Waals surface area contributed by atoms with E-state index >= 15 is 0 Å². The lowest BCUT2D eigenvalue weighted by molar-refractivity contribution is -0.107. The number of ketones is 1. The Morgan fingerprint density at radius 3 is 2.86 bits per heavy atom. The normalized spacial score (nSPS) is 19.8. The highest BCUT2D eigenvalue weighted by molar-refractivity contribution is 8.27. The Balaban J connectivity index is 1.52. The molecule has 0 saturated carbocycles. The second-order valence-electron chi connectivity index (χ2n) is 6.43. The molecule has 29 heavy (non-hydrogen) atoms. The zero-order chi connectivity index (χ0) is 20.4. The third-order valence-corrected chi connectivity index (χ3v) is 5.94. The third-order valence-electron chi connectivity index (χ3n) is 4.44. The second-order valence-corrected chi connectivity index (χ2v) is 8.36. The fraction of sp³-hybridized carbons (Fsp3) is 0.190. The molecule has 4 rings (SSSR count). The SMILES string of the molecule is COSc1cc(O)c2c(c1)OC(CC=C1N=C(c3ccccc3)SC1=O)CC2=O. The highest BCUT2D eigenvalue weighted by atomic mass is 32.2. The molecule has 2 aromatic rings. The summed E-state index contributed by atoms with van der Waals surface area (Å²) in [6.07, 6.45) is 1.76. The van der Waals surface area contributed by atoms with E-state index in [4.69, 9.17) is 8.92 Å². The third kappa shape index (κ3) is 4.24. The van der Waals surface area contributed by atoms with E-state index < -0.39 is 6.10 Å². The summed E-state index contributed by atoms with van der Waals surface area (Å²) in [4.78, 5) is 29.8. The molecule has 1 atom stereocenters. The Labute approximate surface area is 176 Å². The number of phenolic OH excluding ortho intramolecular Hbond substituents is 1. The number of phenols is 1. The Kier molecular flexibility index (Phi) is 5.75. The first kappa shape index (κ1) is 19.8. The van der Waals surface area contributed by atoms with E-state index in [1.165, 1.54) is 13.2 Å². The first-order valence-corrected chi connectivity index (χ1v) is 10.4. The summed E-state index contributed by atoms with van der Waals surface area (Å²) in [5, 5.41) is 10.7. The van der Waals surface area contributed by atoms with Crippen molar-refractivity contribution in [2.75, 3.05) is 7.11 Å². The van der Waals surface area contributed by atoms with Gasteiger partial charge in [-0.25, -0.2) is 4.99 Å². The number of benzene rings is 2. The molecule has 2 aliphatic rings. The Morgan fingerprint density at radius 2 is 2.10 bits per heavy atom. The Hall–Kier alpha value is -2.55. The van der Waals surface area contributed by atoms with Crippen LogP contribution in [0.15, 0.2) is 64.1 Å². The van der Waals surface area contributed by atoms with Gasteiger partial charge in [-0.3, -0.25) is 9.59 Å². The molecule has 0 aromatic heterocycles. The predicted octanol–water partition coefficient (Wildman–Crippen LogP) is 4.37. The molecule has 0 amide bonds. The number of hydrogen-bond acceptors (Lipinski definition) is 8. The van der Waals surface area contributed by atoms with Gasteiger partial charge in [0.1, 0.15) is 33.9 Å². The minimum absolute atomic E-state index is 0.122. The number of fused-ring (bicyclic) bond motifs is 1. The predicted molar refractivity (Wildman–Crippen MR) is 113 cm³/mol. The Morgan fingerprint density at radius 1 is 1.31 bits per heavy atom. The number of hydrogen-bond donors (Lipinski definition) is 1. The fourth-order valence-electron chi connectivity index (χ4n) is 3.15. The van der Waals surface area contributed by atoms with Crippen LogP contribution in [-0.2, 0) is 8.98 Å². The van der Waals surface area contributed by atoms with Gasteiger partial charge in [0.05, 0.1) is 7.11 Å². The molecule has 2 heterocycles. The number of carbonyl (C=O) groups is 2. The van der Waals surface area contributed by atoms with Gasteiger partial charge in [0.2, 0.25) is 5.12 Å². The quantitative estimate of drug-likeness (QED) is 0.560. The smallest absolute Gasteiger partial charge is 0.243 e. The van der Waals surface area contributed by atoms with Crippen molar-refractivity contribution in [1.82, 2.24) is 0 Å². The zero-order valence-corrected chi connectivity index (χ0v) is 17.1. The minimum atomic E-state index is -0.432. The van der Waals surface area contributed by atoms with Crippen molar-refractivity contribution in [2.45, 2.75) is 23.8 Å². The lowest BCUT2D eigenvalue weighted by atomic mass is 9.98. The monoisotopic (exact) mass is 427 g/mol. The maximum atomic E-state index is 12.5. The molecule has 2 aromatic carbocycles. The highest BCUT2D eigenvalue weighted by Crippen LogP contribution is 2.39. The average Bonchev–Trinajstić information content (AvgIpc) is 3.07. The molecule has 8 heteroatoms. The molecule has 6 nitrogen and oxygen atoms in total. The van der Waals surface area contributed by atoms with Crippen LogP contribution in [0.25, 0.3) is 0 Å². The molecule has 148 valence electrons. The van der Waals surface area contributed by atoms with Gasteiger partial charge in [0.15, 0.2) is 5.78 Å². The molecular weight excluding hydrogens is 410 g/mol. The number of carbonyl (C=O) groups excluding carboxylic acids is 2. The summed E-state index contributed by atoms with van der Waals surface area (Å²) in [6, 6.07) is 12.7. The van der Waals surface area contributed by atoms with Crippen LogP contribution in [0, 0.1) is 0 Å². The number of rotatable bonds is 5. The summed E-state index contributed by atoms with van der Waals surface area (Å²) < 4.78 is 10.9. The summed E-state index contributed by atoms with van der Waals surface area (Å²) in [7, 11) is 1.52.